The zero-order valence-electron chi connectivity index (χ0n) is 18.4. The molecule has 1 saturated heterocycles. The molecule has 1 aliphatic carbocycles. The minimum Gasteiger partial charge on any atom is -0.396 e. The van der Waals surface area contributed by atoms with Crippen molar-refractivity contribution in [2.75, 3.05) is 24.6 Å². The molecule has 0 bridgehead atoms. The van der Waals surface area contributed by atoms with Crippen molar-refractivity contribution in [2.45, 2.75) is 44.6 Å². The molecule has 2 aliphatic rings. The molecule has 33 heavy (non-hydrogen) atoms. The van der Waals surface area contributed by atoms with Crippen LogP contribution in [0.15, 0.2) is 42.7 Å². The minimum absolute atomic E-state index is 0.0686. The molecular formula is C25H28F2N4O2. The van der Waals surface area contributed by atoms with Crippen molar-refractivity contribution in [1.82, 2.24) is 14.9 Å². The summed E-state index contributed by atoms with van der Waals surface area (Å²) in [6.07, 6.45) is 8.88. The van der Waals surface area contributed by atoms with Crippen LogP contribution in [0.25, 0.3) is 5.52 Å². The smallest absolute Gasteiger partial charge is 0.255 e. The fourth-order valence-electron chi connectivity index (χ4n) is 5.37. The summed E-state index contributed by atoms with van der Waals surface area (Å²) in [5, 5.41) is 17.1. The maximum Gasteiger partial charge on any atom is 0.255 e. The third-order valence-electron chi connectivity index (χ3n) is 7.27. The first-order chi connectivity index (χ1) is 16.0. The fourth-order valence-corrected chi connectivity index (χ4v) is 5.37. The summed E-state index contributed by atoms with van der Waals surface area (Å²) >= 11 is 0. The molecule has 2 N–H and O–H groups in total. The number of nitrogens with one attached hydrogen (secondary N) is 1. The Balaban J connectivity index is 1.41. The van der Waals surface area contributed by atoms with Crippen LogP contribution in [0.2, 0.25) is 0 Å². The molecule has 8 heteroatoms. The summed E-state index contributed by atoms with van der Waals surface area (Å²) < 4.78 is 29.9. The van der Waals surface area contributed by atoms with Gasteiger partial charge in [0.05, 0.1) is 29.9 Å². The lowest BCUT2D eigenvalue weighted by molar-refractivity contribution is 0.0882. The molecule has 1 aliphatic heterocycles. The Morgan fingerprint density at radius 1 is 1.18 bits per heavy atom. The largest absolute Gasteiger partial charge is 0.396 e. The summed E-state index contributed by atoms with van der Waals surface area (Å²) in [4.78, 5) is 15.0. The topological polar surface area (TPSA) is 69.9 Å². The second-order valence-corrected chi connectivity index (χ2v) is 9.34. The van der Waals surface area contributed by atoms with Crippen LogP contribution in [-0.2, 0) is 0 Å². The molecule has 3 heterocycles. The number of aliphatic hydroxyl groups excluding tert-OH is 1. The van der Waals surface area contributed by atoms with Crippen molar-refractivity contribution in [3.8, 4) is 0 Å². The standard InChI is InChI=1S/C25H28F2N4O2/c26-17-5-6-21(27)19(12-17)22-4-3-10-30(22)18-7-11-31-23(13-18)20(14-29-31)24(33)28-15-25(16-32)8-1-2-9-25/h5-7,11-14,22,32H,1-4,8-10,15-16H2,(H,28,33)/t22-/m1/s1. The van der Waals surface area contributed by atoms with Crippen LogP contribution in [0.5, 0.6) is 0 Å². The van der Waals surface area contributed by atoms with Crippen LogP contribution < -0.4 is 10.2 Å². The molecule has 0 spiro atoms. The van der Waals surface area contributed by atoms with Crippen LogP contribution in [0.1, 0.15) is 60.5 Å². The van der Waals surface area contributed by atoms with Gasteiger partial charge in [0.15, 0.2) is 0 Å². The Hall–Kier alpha value is -3.00. The van der Waals surface area contributed by atoms with Crippen molar-refractivity contribution in [2.24, 2.45) is 5.41 Å². The van der Waals surface area contributed by atoms with E-state index in [9.17, 15) is 18.7 Å². The summed E-state index contributed by atoms with van der Waals surface area (Å²) in [5.41, 5.74) is 2.06. The number of fused-ring (bicyclic) bond motifs is 1. The van der Waals surface area contributed by atoms with E-state index in [4.69, 9.17) is 0 Å². The van der Waals surface area contributed by atoms with Crippen molar-refractivity contribution in [3.05, 3.63) is 65.5 Å². The third kappa shape index (κ3) is 4.08. The molecule has 0 radical (unpaired) electrons. The zero-order valence-corrected chi connectivity index (χ0v) is 18.4. The van der Waals surface area contributed by atoms with Crippen molar-refractivity contribution in [3.63, 3.8) is 0 Å². The van der Waals surface area contributed by atoms with Crippen LogP contribution in [0.3, 0.4) is 0 Å². The molecule has 1 saturated carbocycles. The zero-order chi connectivity index (χ0) is 23.0. The quantitative estimate of drug-likeness (QED) is 0.585. The lowest BCUT2D eigenvalue weighted by Gasteiger charge is -2.28. The number of aliphatic hydroxyl groups is 1. The Labute approximate surface area is 191 Å². The first kappa shape index (κ1) is 21.8. The average Bonchev–Trinajstić information content (AvgIpc) is 3.58. The van der Waals surface area contributed by atoms with Gasteiger partial charge in [0.25, 0.3) is 5.91 Å². The van der Waals surface area contributed by atoms with E-state index in [1.807, 2.05) is 12.1 Å². The van der Waals surface area contributed by atoms with Crippen LogP contribution >= 0.6 is 0 Å². The van der Waals surface area contributed by atoms with Gasteiger partial charge in [-0.2, -0.15) is 5.10 Å². The van der Waals surface area contributed by atoms with Gasteiger partial charge in [0.1, 0.15) is 11.6 Å². The van der Waals surface area contributed by atoms with E-state index >= 15 is 0 Å². The maximum absolute atomic E-state index is 14.5. The van der Waals surface area contributed by atoms with E-state index in [1.165, 1.54) is 12.1 Å². The second-order valence-electron chi connectivity index (χ2n) is 9.34. The van der Waals surface area contributed by atoms with Gasteiger partial charge in [-0.05, 0) is 56.0 Å². The Morgan fingerprint density at radius 2 is 2.00 bits per heavy atom. The minimum atomic E-state index is -0.452. The molecule has 1 amide bonds. The highest BCUT2D eigenvalue weighted by atomic mass is 19.1. The average molecular weight is 455 g/mol. The van der Waals surface area contributed by atoms with Crippen molar-refractivity contribution < 1.29 is 18.7 Å². The molecule has 1 aromatic carbocycles. The predicted molar refractivity (Wildman–Crippen MR) is 121 cm³/mol. The van der Waals surface area contributed by atoms with E-state index in [2.05, 4.69) is 15.3 Å². The third-order valence-corrected chi connectivity index (χ3v) is 7.27. The Kier molecular flexibility index (Phi) is 5.78. The maximum atomic E-state index is 14.5. The number of hydrogen-bond donors (Lipinski definition) is 2. The number of benzene rings is 1. The molecule has 174 valence electrons. The normalized spacial score (nSPS) is 20.0. The molecule has 5 rings (SSSR count). The van der Waals surface area contributed by atoms with E-state index in [0.29, 0.717) is 29.7 Å². The second kappa shape index (κ2) is 8.74. The van der Waals surface area contributed by atoms with E-state index in [1.54, 1.807) is 16.9 Å². The van der Waals surface area contributed by atoms with Crippen molar-refractivity contribution >= 4 is 17.1 Å². The summed E-state index contributed by atoms with van der Waals surface area (Å²) in [7, 11) is 0. The van der Waals surface area contributed by atoms with Gasteiger partial charge in [0.2, 0.25) is 0 Å². The molecule has 1 atom stereocenters. The molecular weight excluding hydrogens is 426 g/mol. The number of carbonyl (C=O) groups excluding carboxylic acids is 1. The Bertz CT molecular complexity index is 1170. The molecule has 3 aromatic rings. The number of carbonyl (C=O) groups is 1. The Morgan fingerprint density at radius 3 is 2.79 bits per heavy atom. The fraction of sp³-hybridized carbons (Fsp3) is 0.440. The highest BCUT2D eigenvalue weighted by Gasteiger charge is 2.34. The summed E-state index contributed by atoms with van der Waals surface area (Å²) in [6, 6.07) is 7.08. The summed E-state index contributed by atoms with van der Waals surface area (Å²) in [5.74, 6) is -1.09. The van der Waals surface area contributed by atoms with E-state index in [0.717, 1.165) is 50.3 Å². The van der Waals surface area contributed by atoms with Gasteiger partial charge in [-0.15, -0.1) is 0 Å². The van der Waals surface area contributed by atoms with Crippen LogP contribution in [0, 0.1) is 17.0 Å². The predicted octanol–water partition coefficient (Wildman–Crippen LogP) is 4.24. The first-order valence-electron chi connectivity index (χ1n) is 11.6. The SMILES string of the molecule is O=C(NCC1(CO)CCCC1)c1cnn2ccc(N3CCC[C@@H]3c3cc(F)ccc3F)cc12. The first-order valence-corrected chi connectivity index (χ1v) is 11.6. The van der Waals surface area contributed by atoms with Crippen LogP contribution in [0.4, 0.5) is 14.5 Å². The van der Waals surface area contributed by atoms with E-state index < -0.39 is 11.6 Å². The lowest BCUT2D eigenvalue weighted by atomic mass is 9.87. The molecule has 0 unspecified atom stereocenters. The molecule has 2 aromatic heterocycles. The van der Waals surface area contributed by atoms with Gasteiger partial charge >= 0.3 is 0 Å². The molecule has 2 fully saturated rings. The number of halogens is 2. The summed E-state index contributed by atoms with van der Waals surface area (Å²) in [6.45, 7) is 1.22. The molecule has 6 nitrogen and oxygen atoms in total. The van der Waals surface area contributed by atoms with Gasteiger partial charge in [-0.1, -0.05) is 12.8 Å². The van der Waals surface area contributed by atoms with Crippen LogP contribution in [-0.4, -0.2) is 40.3 Å². The van der Waals surface area contributed by atoms with Gasteiger partial charge in [-0.25, -0.2) is 13.3 Å². The van der Waals surface area contributed by atoms with Gasteiger partial charge in [0, 0.05) is 36.0 Å². The highest BCUT2D eigenvalue weighted by molar-refractivity contribution is 6.01. The van der Waals surface area contributed by atoms with Gasteiger partial charge < -0.3 is 15.3 Å². The number of amides is 1. The number of pyridine rings is 1. The van der Waals surface area contributed by atoms with E-state index in [-0.39, 0.29) is 24.0 Å². The monoisotopic (exact) mass is 454 g/mol. The number of rotatable bonds is 6. The number of aromatic nitrogens is 2. The van der Waals surface area contributed by atoms with Crippen molar-refractivity contribution in [1.29, 1.82) is 0 Å². The lowest BCUT2D eigenvalue weighted by Crippen LogP contribution is -2.38. The van der Waals surface area contributed by atoms with Gasteiger partial charge in [-0.3, -0.25) is 4.79 Å². The highest BCUT2D eigenvalue weighted by Crippen LogP contribution is 2.39. The number of anilines is 1. The number of hydrogen-bond acceptors (Lipinski definition) is 4. The number of nitrogens with zero attached hydrogens (tertiary/aromatic N) is 3.